The van der Waals surface area contributed by atoms with Gasteiger partial charge in [-0.2, -0.15) is 5.10 Å². The molecule has 4 aromatic rings. The van der Waals surface area contributed by atoms with Gasteiger partial charge < -0.3 is 9.84 Å². The quantitative estimate of drug-likeness (QED) is 0.597. The third kappa shape index (κ3) is 3.16. The molecule has 0 saturated carbocycles. The lowest BCUT2D eigenvalue weighted by Gasteiger charge is -2.04. The summed E-state index contributed by atoms with van der Waals surface area (Å²) < 4.78 is 5.16. The van der Waals surface area contributed by atoms with Crippen LogP contribution in [0.5, 0.6) is 0 Å². The number of hydrogen-bond acceptors (Lipinski definition) is 5. The molecule has 0 fully saturated rings. The van der Waals surface area contributed by atoms with Crippen LogP contribution in [0.2, 0.25) is 0 Å². The summed E-state index contributed by atoms with van der Waals surface area (Å²) in [5.41, 5.74) is 2.94. The number of aromatic nitrogens is 4. The highest BCUT2D eigenvalue weighted by atomic mass is 16.5. The highest BCUT2D eigenvalue weighted by Gasteiger charge is 2.14. The molecule has 2 heterocycles. The summed E-state index contributed by atoms with van der Waals surface area (Å²) in [6.07, 6.45) is 1.43. The molecule has 0 radical (unpaired) electrons. The zero-order chi connectivity index (χ0) is 17.1. The number of carbonyl (C=O) groups excluding carboxylic acids is 1. The van der Waals surface area contributed by atoms with Crippen LogP contribution < -0.4 is 5.32 Å². The number of nitrogens with one attached hydrogen (secondary N) is 2. The van der Waals surface area contributed by atoms with Gasteiger partial charge in [0.25, 0.3) is 5.91 Å². The minimum Gasteiger partial charge on any atom is -0.350 e. The monoisotopic (exact) mass is 331 g/mol. The van der Waals surface area contributed by atoms with Gasteiger partial charge in [-0.15, -0.1) is 0 Å². The molecule has 7 nitrogen and oxygen atoms in total. The fraction of sp³-hybridized carbons (Fsp3) is 0. The maximum absolute atomic E-state index is 12.4. The van der Waals surface area contributed by atoms with Crippen LogP contribution in [0.4, 0.5) is 5.69 Å². The van der Waals surface area contributed by atoms with Crippen LogP contribution in [0, 0.1) is 0 Å². The van der Waals surface area contributed by atoms with E-state index in [4.69, 9.17) is 4.52 Å². The molecule has 0 spiro atoms. The van der Waals surface area contributed by atoms with Crippen LogP contribution in [0.15, 0.2) is 71.5 Å². The molecule has 4 rings (SSSR count). The van der Waals surface area contributed by atoms with Gasteiger partial charge >= 0.3 is 0 Å². The summed E-state index contributed by atoms with van der Waals surface area (Å²) in [4.78, 5) is 16.5. The number of amides is 1. The van der Waals surface area contributed by atoms with Crippen molar-refractivity contribution in [2.24, 2.45) is 0 Å². The van der Waals surface area contributed by atoms with Crippen LogP contribution in [0.25, 0.3) is 22.6 Å². The Kier molecular flexibility index (Phi) is 3.80. The second kappa shape index (κ2) is 6.40. The molecule has 0 unspecified atom stereocenters. The third-order valence-electron chi connectivity index (χ3n) is 3.61. The summed E-state index contributed by atoms with van der Waals surface area (Å²) in [6.45, 7) is 0. The van der Waals surface area contributed by atoms with E-state index in [9.17, 15) is 4.79 Å². The largest absolute Gasteiger partial charge is 0.350 e. The van der Waals surface area contributed by atoms with E-state index in [1.807, 2.05) is 42.5 Å². The van der Waals surface area contributed by atoms with Crippen LogP contribution >= 0.6 is 0 Å². The molecule has 0 aliphatic rings. The van der Waals surface area contributed by atoms with Gasteiger partial charge in [0.1, 0.15) is 12.0 Å². The topological polar surface area (TPSA) is 96.7 Å². The molecular formula is C18H13N5O2. The molecule has 0 atom stereocenters. The Morgan fingerprint density at radius 3 is 2.64 bits per heavy atom. The summed E-state index contributed by atoms with van der Waals surface area (Å²) in [5, 5.41) is 13.3. The van der Waals surface area contributed by atoms with Crippen LogP contribution in [-0.4, -0.2) is 26.2 Å². The molecule has 7 heteroatoms. The van der Waals surface area contributed by atoms with Gasteiger partial charge in [-0.25, -0.2) is 4.98 Å². The van der Waals surface area contributed by atoms with Crippen molar-refractivity contribution in [3.63, 3.8) is 0 Å². The second-order valence-corrected chi connectivity index (χ2v) is 5.31. The van der Waals surface area contributed by atoms with Crippen molar-refractivity contribution in [2.45, 2.75) is 0 Å². The molecule has 0 aliphatic carbocycles. The zero-order valence-corrected chi connectivity index (χ0v) is 13.0. The summed E-state index contributed by atoms with van der Waals surface area (Å²) in [7, 11) is 0. The van der Waals surface area contributed by atoms with E-state index in [1.54, 1.807) is 18.2 Å². The van der Waals surface area contributed by atoms with Crippen molar-refractivity contribution in [2.75, 3.05) is 5.32 Å². The average molecular weight is 331 g/mol. The van der Waals surface area contributed by atoms with E-state index >= 15 is 0 Å². The lowest BCUT2D eigenvalue weighted by Crippen LogP contribution is -2.10. The predicted octanol–water partition coefficient (Wildman–Crippen LogP) is 3.38. The van der Waals surface area contributed by atoms with E-state index < -0.39 is 0 Å². The number of anilines is 1. The fourth-order valence-corrected chi connectivity index (χ4v) is 2.41. The van der Waals surface area contributed by atoms with Gasteiger partial charge in [0.2, 0.25) is 5.76 Å². The van der Waals surface area contributed by atoms with Gasteiger partial charge in [-0.1, -0.05) is 47.6 Å². The Morgan fingerprint density at radius 1 is 1.00 bits per heavy atom. The second-order valence-electron chi connectivity index (χ2n) is 5.31. The van der Waals surface area contributed by atoms with Gasteiger partial charge in [0.15, 0.2) is 5.82 Å². The normalized spacial score (nSPS) is 10.6. The van der Waals surface area contributed by atoms with Gasteiger partial charge in [-0.3, -0.25) is 9.89 Å². The lowest BCUT2D eigenvalue weighted by atomic mass is 10.1. The zero-order valence-electron chi connectivity index (χ0n) is 13.0. The molecule has 2 aromatic carbocycles. The number of hydrogen-bond donors (Lipinski definition) is 2. The Bertz CT molecular complexity index is 993. The first-order chi connectivity index (χ1) is 12.3. The summed E-state index contributed by atoms with van der Waals surface area (Å²) >= 11 is 0. The van der Waals surface area contributed by atoms with Crippen LogP contribution in [0.3, 0.4) is 0 Å². The molecule has 0 aliphatic heterocycles. The number of rotatable bonds is 4. The van der Waals surface area contributed by atoms with Crippen molar-refractivity contribution in [1.29, 1.82) is 0 Å². The molecule has 0 saturated heterocycles. The van der Waals surface area contributed by atoms with E-state index in [0.29, 0.717) is 17.2 Å². The summed E-state index contributed by atoms with van der Waals surface area (Å²) in [5.74, 6) is 0.399. The van der Waals surface area contributed by atoms with Crippen molar-refractivity contribution in [3.05, 3.63) is 72.8 Å². The number of benzene rings is 2. The maximum Gasteiger partial charge on any atom is 0.294 e. The lowest BCUT2D eigenvalue weighted by molar-refractivity contribution is 0.0988. The third-order valence-corrected chi connectivity index (χ3v) is 3.61. The minimum absolute atomic E-state index is 0.143. The number of carbonyl (C=O) groups is 1. The van der Waals surface area contributed by atoms with Crippen LogP contribution in [-0.2, 0) is 0 Å². The molecular weight excluding hydrogens is 318 g/mol. The average Bonchev–Trinajstić information content (AvgIpc) is 3.35. The Balaban J connectivity index is 1.53. The number of aromatic amines is 1. The highest BCUT2D eigenvalue weighted by molar-refractivity contribution is 6.03. The van der Waals surface area contributed by atoms with E-state index in [1.165, 1.54) is 6.33 Å². The van der Waals surface area contributed by atoms with Crippen molar-refractivity contribution < 1.29 is 9.32 Å². The Hall–Kier alpha value is -3.74. The molecule has 122 valence electrons. The van der Waals surface area contributed by atoms with Gasteiger partial charge in [0.05, 0.1) is 0 Å². The first-order valence-corrected chi connectivity index (χ1v) is 7.59. The van der Waals surface area contributed by atoms with Gasteiger partial charge in [0, 0.05) is 22.9 Å². The van der Waals surface area contributed by atoms with Gasteiger partial charge in [-0.05, 0) is 12.1 Å². The Morgan fingerprint density at radius 2 is 1.84 bits per heavy atom. The molecule has 25 heavy (non-hydrogen) atoms. The first-order valence-electron chi connectivity index (χ1n) is 7.59. The SMILES string of the molecule is O=C(Nc1cccc(-c2ncn[nH]2)c1)c1cc(-c2ccccc2)no1. The molecule has 2 N–H and O–H groups in total. The first kappa shape index (κ1) is 14.8. The molecule has 2 aromatic heterocycles. The van der Waals surface area contributed by atoms with E-state index in [-0.39, 0.29) is 11.7 Å². The fourth-order valence-electron chi connectivity index (χ4n) is 2.41. The standard InChI is InChI=1S/C18H13N5O2/c24-18(16-10-15(23-25-16)12-5-2-1-3-6-12)21-14-8-4-7-13(9-14)17-19-11-20-22-17/h1-11H,(H,21,24)(H,19,20,22). The highest BCUT2D eigenvalue weighted by Crippen LogP contribution is 2.21. The maximum atomic E-state index is 12.4. The number of H-pyrrole nitrogens is 1. The van der Waals surface area contributed by atoms with Crippen molar-refractivity contribution in [3.8, 4) is 22.6 Å². The smallest absolute Gasteiger partial charge is 0.294 e. The molecule has 0 bridgehead atoms. The number of nitrogens with zero attached hydrogens (tertiary/aromatic N) is 3. The Labute approximate surface area is 142 Å². The van der Waals surface area contributed by atoms with Crippen molar-refractivity contribution in [1.82, 2.24) is 20.3 Å². The van der Waals surface area contributed by atoms with Crippen molar-refractivity contribution >= 4 is 11.6 Å². The van der Waals surface area contributed by atoms with E-state index in [2.05, 4.69) is 25.7 Å². The van der Waals surface area contributed by atoms with Crippen LogP contribution in [0.1, 0.15) is 10.6 Å². The molecule has 1 amide bonds. The predicted molar refractivity (Wildman–Crippen MR) is 91.7 cm³/mol. The minimum atomic E-state index is -0.371. The van der Waals surface area contributed by atoms with E-state index in [0.717, 1.165) is 11.1 Å². The summed E-state index contributed by atoms with van der Waals surface area (Å²) in [6, 6.07) is 18.4.